The molecule has 0 fully saturated rings. The highest BCUT2D eigenvalue weighted by Gasteiger charge is 1.99. The van der Waals surface area contributed by atoms with Crippen molar-refractivity contribution in [2.24, 2.45) is 0 Å². The van der Waals surface area contributed by atoms with Crippen LogP contribution in [0.25, 0.3) is 0 Å². The molecular formula is C20H23N3O2. The van der Waals surface area contributed by atoms with Gasteiger partial charge in [0, 0.05) is 6.54 Å². The second-order valence-electron chi connectivity index (χ2n) is 5.85. The van der Waals surface area contributed by atoms with E-state index in [9.17, 15) is 0 Å². The van der Waals surface area contributed by atoms with Gasteiger partial charge in [-0.25, -0.2) is 4.98 Å². The van der Waals surface area contributed by atoms with Crippen LogP contribution < -0.4 is 9.47 Å². The van der Waals surface area contributed by atoms with Crippen molar-refractivity contribution in [2.45, 2.75) is 25.8 Å². The van der Waals surface area contributed by atoms with Crippen LogP contribution in [0.5, 0.6) is 11.5 Å². The van der Waals surface area contributed by atoms with Gasteiger partial charge in [-0.15, -0.1) is 0 Å². The lowest BCUT2D eigenvalue weighted by Gasteiger charge is -2.08. The van der Waals surface area contributed by atoms with E-state index < -0.39 is 0 Å². The first kappa shape index (κ1) is 17.0. The van der Waals surface area contributed by atoms with Crippen LogP contribution in [0.3, 0.4) is 0 Å². The minimum absolute atomic E-state index is 0.713. The predicted molar refractivity (Wildman–Crippen MR) is 97.0 cm³/mol. The van der Waals surface area contributed by atoms with E-state index in [1.54, 1.807) is 19.8 Å². The van der Waals surface area contributed by atoms with E-state index in [0.29, 0.717) is 6.61 Å². The zero-order valence-electron chi connectivity index (χ0n) is 14.5. The summed E-state index contributed by atoms with van der Waals surface area (Å²) in [5.74, 6) is 1.81. The minimum Gasteiger partial charge on any atom is -0.497 e. The van der Waals surface area contributed by atoms with Crippen LogP contribution in [0.1, 0.15) is 17.5 Å². The van der Waals surface area contributed by atoms with Crippen molar-refractivity contribution in [3.63, 3.8) is 0 Å². The molecule has 25 heavy (non-hydrogen) atoms. The third kappa shape index (κ3) is 5.35. The maximum Gasteiger partial charge on any atom is 0.137 e. The van der Waals surface area contributed by atoms with Gasteiger partial charge < -0.3 is 9.47 Å². The molecule has 0 saturated carbocycles. The molecule has 0 bridgehead atoms. The van der Waals surface area contributed by atoms with Crippen molar-refractivity contribution in [3.05, 3.63) is 72.3 Å². The summed E-state index contributed by atoms with van der Waals surface area (Å²) in [4.78, 5) is 3.95. The summed E-state index contributed by atoms with van der Waals surface area (Å²) in [7, 11) is 1.68. The van der Waals surface area contributed by atoms with E-state index in [2.05, 4.69) is 34.3 Å². The van der Waals surface area contributed by atoms with Crippen LogP contribution in [0.15, 0.2) is 61.2 Å². The van der Waals surface area contributed by atoms with Crippen LogP contribution in [0, 0.1) is 0 Å². The molecule has 0 aliphatic heterocycles. The molecule has 0 spiro atoms. The summed E-state index contributed by atoms with van der Waals surface area (Å²) in [5.41, 5.74) is 2.56. The Morgan fingerprint density at radius 3 is 2.20 bits per heavy atom. The van der Waals surface area contributed by atoms with Crippen LogP contribution in [-0.2, 0) is 19.4 Å². The molecule has 3 aromatic rings. The largest absolute Gasteiger partial charge is 0.497 e. The zero-order chi connectivity index (χ0) is 17.3. The van der Waals surface area contributed by atoms with Gasteiger partial charge in [-0.3, -0.25) is 4.68 Å². The highest BCUT2D eigenvalue weighted by atomic mass is 16.5. The zero-order valence-corrected chi connectivity index (χ0v) is 14.5. The Bertz CT molecular complexity index is 738. The number of aryl methyl sites for hydroxylation is 3. The fourth-order valence-electron chi connectivity index (χ4n) is 2.60. The molecule has 1 heterocycles. The number of nitrogens with zero attached hydrogens (tertiary/aromatic N) is 3. The first-order valence-corrected chi connectivity index (χ1v) is 8.50. The fourth-order valence-corrected chi connectivity index (χ4v) is 2.60. The third-order valence-electron chi connectivity index (χ3n) is 4.06. The molecular weight excluding hydrogens is 314 g/mol. The lowest BCUT2D eigenvalue weighted by atomic mass is 10.1. The topological polar surface area (TPSA) is 49.2 Å². The van der Waals surface area contributed by atoms with Crippen LogP contribution in [0.2, 0.25) is 0 Å². The van der Waals surface area contributed by atoms with Gasteiger partial charge in [-0.1, -0.05) is 24.3 Å². The Morgan fingerprint density at radius 1 is 0.880 bits per heavy atom. The molecule has 0 saturated heterocycles. The van der Waals surface area contributed by atoms with Crippen molar-refractivity contribution in [1.29, 1.82) is 0 Å². The van der Waals surface area contributed by atoms with Gasteiger partial charge in [-0.05, 0) is 54.7 Å². The van der Waals surface area contributed by atoms with Gasteiger partial charge in [0.2, 0.25) is 0 Å². The Balaban J connectivity index is 1.37. The van der Waals surface area contributed by atoms with E-state index in [1.165, 1.54) is 11.1 Å². The number of rotatable bonds is 9. The van der Waals surface area contributed by atoms with Gasteiger partial charge in [-0.2, -0.15) is 5.10 Å². The monoisotopic (exact) mass is 337 g/mol. The highest BCUT2D eigenvalue weighted by Crippen LogP contribution is 2.15. The van der Waals surface area contributed by atoms with Crippen molar-refractivity contribution in [1.82, 2.24) is 14.8 Å². The van der Waals surface area contributed by atoms with Crippen molar-refractivity contribution < 1.29 is 9.47 Å². The number of hydrogen-bond donors (Lipinski definition) is 0. The first-order chi connectivity index (χ1) is 12.3. The molecule has 2 aromatic carbocycles. The minimum atomic E-state index is 0.713. The van der Waals surface area contributed by atoms with Gasteiger partial charge in [0.15, 0.2) is 0 Å². The average molecular weight is 337 g/mol. The predicted octanol–water partition coefficient (Wildman–Crippen LogP) is 3.54. The molecule has 0 atom stereocenters. The Kier molecular flexibility index (Phi) is 6.04. The molecule has 0 amide bonds. The maximum atomic E-state index is 5.83. The van der Waals surface area contributed by atoms with E-state index in [0.717, 1.165) is 37.3 Å². The van der Waals surface area contributed by atoms with Crippen molar-refractivity contribution >= 4 is 0 Å². The van der Waals surface area contributed by atoms with E-state index in [1.807, 2.05) is 28.9 Å². The molecule has 0 aliphatic carbocycles. The second kappa shape index (κ2) is 8.87. The van der Waals surface area contributed by atoms with Gasteiger partial charge in [0.25, 0.3) is 0 Å². The number of aromatic nitrogens is 3. The van der Waals surface area contributed by atoms with Crippen LogP contribution in [-0.4, -0.2) is 28.5 Å². The molecule has 0 N–H and O–H groups in total. The number of ether oxygens (including phenoxy) is 2. The standard InChI is InChI=1S/C20H23N3O2/c1-24-19-8-4-17(5-9-19)3-2-14-25-20-10-6-18(7-11-20)12-13-23-16-21-15-22-23/h4-11,15-16H,2-3,12-14H2,1H3. The quantitative estimate of drug-likeness (QED) is 0.560. The Hall–Kier alpha value is -2.82. The van der Waals surface area contributed by atoms with Crippen LogP contribution in [0.4, 0.5) is 0 Å². The van der Waals surface area contributed by atoms with Crippen molar-refractivity contribution in [3.8, 4) is 11.5 Å². The second-order valence-corrected chi connectivity index (χ2v) is 5.85. The SMILES string of the molecule is COc1ccc(CCCOc2ccc(CCn3cncn3)cc2)cc1. The molecule has 5 nitrogen and oxygen atoms in total. The van der Waals surface area contributed by atoms with Gasteiger partial charge in [0.05, 0.1) is 13.7 Å². The number of benzene rings is 2. The Morgan fingerprint density at radius 2 is 1.56 bits per heavy atom. The average Bonchev–Trinajstić information content (AvgIpc) is 3.19. The molecule has 1 aromatic heterocycles. The fraction of sp³-hybridized carbons (Fsp3) is 0.300. The van der Waals surface area contributed by atoms with E-state index >= 15 is 0 Å². The number of methoxy groups -OCH3 is 1. The van der Waals surface area contributed by atoms with Crippen LogP contribution >= 0.6 is 0 Å². The molecule has 3 rings (SSSR count). The lowest BCUT2D eigenvalue weighted by Crippen LogP contribution is -2.02. The normalized spacial score (nSPS) is 10.6. The first-order valence-electron chi connectivity index (χ1n) is 8.50. The summed E-state index contributed by atoms with van der Waals surface area (Å²) in [6.07, 6.45) is 6.21. The maximum absolute atomic E-state index is 5.83. The van der Waals surface area contributed by atoms with Gasteiger partial charge in [0.1, 0.15) is 24.2 Å². The molecule has 130 valence electrons. The Labute approximate surface area is 148 Å². The molecule has 0 unspecified atom stereocenters. The molecule has 0 radical (unpaired) electrons. The molecule has 0 aliphatic rings. The lowest BCUT2D eigenvalue weighted by molar-refractivity contribution is 0.311. The summed E-state index contributed by atoms with van der Waals surface area (Å²) in [5, 5.41) is 4.11. The summed E-state index contributed by atoms with van der Waals surface area (Å²) in [6.45, 7) is 1.55. The third-order valence-corrected chi connectivity index (χ3v) is 4.06. The smallest absolute Gasteiger partial charge is 0.137 e. The van der Waals surface area contributed by atoms with Gasteiger partial charge >= 0.3 is 0 Å². The highest BCUT2D eigenvalue weighted by molar-refractivity contribution is 5.28. The molecule has 5 heteroatoms. The van der Waals surface area contributed by atoms with Crippen molar-refractivity contribution in [2.75, 3.05) is 13.7 Å². The van der Waals surface area contributed by atoms with E-state index in [-0.39, 0.29) is 0 Å². The summed E-state index contributed by atoms with van der Waals surface area (Å²) >= 11 is 0. The van der Waals surface area contributed by atoms with E-state index in [4.69, 9.17) is 9.47 Å². The summed E-state index contributed by atoms with van der Waals surface area (Å²) < 4.78 is 12.8. The number of hydrogen-bond acceptors (Lipinski definition) is 4. The summed E-state index contributed by atoms with van der Waals surface area (Å²) in [6, 6.07) is 16.5.